The molecule has 0 aliphatic rings. The average molecular weight is 259 g/mol. The van der Waals surface area contributed by atoms with Crippen LogP contribution < -0.4 is 10.6 Å². The number of benzene rings is 1. The van der Waals surface area contributed by atoms with Gasteiger partial charge in [-0.2, -0.15) is 0 Å². The summed E-state index contributed by atoms with van der Waals surface area (Å²) in [6.45, 7) is 5.67. The van der Waals surface area contributed by atoms with Crippen molar-refractivity contribution in [3.05, 3.63) is 40.6 Å². The number of rotatable bonds is 3. The maximum Gasteiger partial charge on any atom is 0.260 e. The molecule has 0 aliphatic carbocycles. The number of nitrogens with zero attached hydrogens (tertiary/aromatic N) is 1. The maximum atomic E-state index is 12.2. The Morgan fingerprint density at radius 2 is 2.00 bits per heavy atom. The normalized spacial score (nSPS) is 10.3. The van der Waals surface area contributed by atoms with Crippen LogP contribution in [0.1, 0.15) is 27.2 Å². The fourth-order valence-corrected chi connectivity index (χ4v) is 1.77. The molecule has 0 aliphatic heterocycles. The van der Waals surface area contributed by atoms with Crippen molar-refractivity contribution in [2.45, 2.75) is 20.8 Å². The zero-order valence-electron chi connectivity index (χ0n) is 11.5. The van der Waals surface area contributed by atoms with Gasteiger partial charge in [-0.3, -0.25) is 10.1 Å². The van der Waals surface area contributed by atoms with E-state index in [-0.39, 0.29) is 5.91 Å². The first-order valence-corrected chi connectivity index (χ1v) is 6.05. The van der Waals surface area contributed by atoms with Crippen molar-refractivity contribution in [2.24, 2.45) is 0 Å². The summed E-state index contributed by atoms with van der Waals surface area (Å²) in [5, 5.41) is 9.56. The molecule has 100 valence electrons. The van der Waals surface area contributed by atoms with Crippen LogP contribution >= 0.6 is 0 Å². The molecule has 0 unspecified atom stereocenters. The minimum Gasteiger partial charge on any atom is -0.387 e. The molecule has 5 nitrogen and oxygen atoms in total. The Bertz CT molecular complexity index is 617. The third-order valence-electron chi connectivity index (χ3n) is 3.07. The van der Waals surface area contributed by atoms with E-state index < -0.39 is 0 Å². The van der Waals surface area contributed by atoms with E-state index in [0.29, 0.717) is 11.4 Å². The second-order valence-electron chi connectivity index (χ2n) is 4.48. The molecular weight excluding hydrogens is 242 g/mol. The van der Waals surface area contributed by atoms with Crippen molar-refractivity contribution >= 4 is 17.5 Å². The lowest BCUT2D eigenvalue weighted by Gasteiger charge is -2.09. The van der Waals surface area contributed by atoms with Gasteiger partial charge in [0.25, 0.3) is 5.91 Å². The maximum absolute atomic E-state index is 12.2. The van der Waals surface area contributed by atoms with Gasteiger partial charge < -0.3 is 9.84 Å². The molecule has 0 atom stereocenters. The van der Waals surface area contributed by atoms with Crippen LogP contribution in [0.5, 0.6) is 0 Å². The lowest BCUT2D eigenvalue weighted by molar-refractivity contribution is 0.102. The first-order valence-electron chi connectivity index (χ1n) is 6.05. The van der Waals surface area contributed by atoms with Crippen LogP contribution in [0.4, 0.5) is 11.6 Å². The van der Waals surface area contributed by atoms with E-state index in [4.69, 9.17) is 4.52 Å². The standard InChI is InChI=1S/C14H17N3O2/c1-8-5-6-11(12(7-8)15-4)13(18)16-14-9(2)10(3)17-19-14/h5-7,15H,1-4H3,(H,16,18). The first-order chi connectivity index (χ1) is 9.02. The summed E-state index contributed by atoms with van der Waals surface area (Å²) in [4.78, 5) is 12.2. The molecular formula is C14H17N3O2. The minimum atomic E-state index is -0.219. The van der Waals surface area contributed by atoms with Crippen LogP contribution in [0.15, 0.2) is 22.7 Å². The molecule has 0 bridgehead atoms. The number of amides is 1. The van der Waals surface area contributed by atoms with E-state index in [0.717, 1.165) is 22.5 Å². The number of nitrogens with one attached hydrogen (secondary N) is 2. The van der Waals surface area contributed by atoms with Gasteiger partial charge in [0.2, 0.25) is 5.88 Å². The lowest BCUT2D eigenvalue weighted by Crippen LogP contribution is -2.14. The zero-order valence-corrected chi connectivity index (χ0v) is 11.5. The summed E-state index contributed by atoms with van der Waals surface area (Å²) in [5.41, 5.74) is 4.06. The fraction of sp³-hybridized carbons (Fsp3) is 0.286. The molecule has 2 N–H and O–H groups in total. The predicted molar refractivity (Wildman–Crippen MR) is 74.7 cm³/mol. The van der Waals surface area contributed by atoms with Crippen LogP contribution in [0, 0.1) is 20.8 Å². The quantitative estimate of drug-likeness (QED) is 0.889. The van der Waals surface area contributed by atoms with Gasteiger partial charge in [-0.25, -0.2) is 0 Å². The zero-order chi connectivity index (χ0) is 14.0. The highest BCUT2D eigenvalue weighted by atomic mass is 16.5. The van der Waals surface area contributed by atoms with Crippen molar-refractivity contribution in [2.75, 3.05) is 17.7 Å². The smallest absolute Gasteiger partial charge is 0.260 e. The number of hydrogen-bond acceptors (Lipinski definition) is 4. The van der Waals surface area contributed by atoms with Gasteiger partial charge in [-0.15, -0.1) is 0 Å². The summed E-state index contributed by atoms with van der Waals surface area (Å²) in [5.74, 6) is 0.175. The highest BCUT2D eigenvalue weighted by Gasteiger charge is 2.15. The van der Waals surface area contributed by atoms with E-state index in [1.807, 2.05) is 32.9 Å². The Hall–Kier alpha value is -2.30. The molecule has 1 aromatic carbocycles. The van der Waals surface area contributed by atoms with Gasteiger partial charge >= 0.3 is 0 Å². The number of carbonyl (C=O) groups excluding carboxylic acids is 1. The van der Waals surface area contributed by atoms with Crippen LogP contribution in [0.3, 0.4) is 0 Å². The van der Waals surface area contributed by atoms with E-state index in [1.165, 1.54) is 0 Å². The van der Waals surface area contributed by atoms with Gasteiger partial charge in [0.15, 0.2) is 0 Å². The highest BCUT2D eigenvalue weighted by Crippen LogP contribution is 2.21. The van der Waals surface area contributed by atoms with Crippen molar-refractivity contribution in [3.63, 3.8) is 0 Å². The second-order valence-corrected chi connectivity index (χ2v) is 4.48. The van der Waals surface area contributed by atoms with Gasteiger partial charge in [0, 0.05) is 18.3 Å². The summed E-state index contributed by atoms with van der Waals surface area (Å²) >= 11 is 0. The SMILES string of the molecule is CNc1cc(C)ccc1C(=O)Nc1onc(C)c1C. The number of anilines is 2. The molecule has 5 heteroatoms. The summed E-state index contributed by atoms with van der Waals surface area (Å²) < 4.78 is 5.08. The number of carbonyl (C=O) groups is 1. The Kier molecular flexibility index (Phi) is 3.55. The summed E-state index contributed by atoms with van der Waals surface area (Å²) in [6.07, 6.45) is 0. The van der Waals surface area contributed by atoms with Crippen LogP contribution in [0.25, 0.3) is 0 Å². The van der Waals surface area contributed by atoms with E-state index in [1.54, 1.807) is 13.1 Å². The van der Waals surface area contributed by atoms with Crippen LogP contribution in [-0.4, -0.2) is 18.1 Å². The summed E-state index contributed by atoms with van der Waals surface area (Å²) in [7, 11) is 1.79. The van der Waals surface area contributed by atoms with E-state index >= 15 is 0 Å². The molecule has 0 radical (unpaired) electrons. The van der Waals surface area contributed by atoms with Gasteiger partial charge in [-0.05, 0) is 38.5 Å². The Morgan fingerprint density at radius 3 is 2.58 bits per heavy atom. The molecule has 2 aromatic rings. The van der Waals surface area contributed by atoms with E-state index in [9.17, 15) is 4.79 Å². The number of hydrogen-bond donors (Lipinski definition) is 2. The second kappa shape index (κ2) is 5.14. The first kappa shape index (κ1) is 13.1. The Balaban J connectivity index is 2.27. The molecule has 0 spiro atoms. The van der Waals surface area contributed by atoms with Crippen molar-refractivity contribution in [1.29, 1.82) is 0 Å². The summed E-state index contributed by atoms with van der Waals surface area (Å²) in [6, 6.07) is 5.61. The molecule has 19 heavy (non-hydrogen) atoms. The molecule has 2 rings (SSSR count). The predicted octanol–water partition coefficient (Wildman–Crippen LogP) is 2.89. The molecule has 1 amide bonds. The third kappa shape index (κ3) is 2.59. The largest absolute Gasteiger partial charge is 0.387 e. The average Bonchev–Trinajstić information content (AvgIpc) is 2.70. The molecule has 1 aromatic heterocycles. The Labute approximate surface area is 112 Å². The third-order valence-corrected chi connectivity index (χ3v) is 3.07. The lowest BCUT2D eigenvalue weighted by atomic mass is 10.1. The minimum absolute atomic E-state index is 0.219. The van der Waals surface area contributed by atoms with Gasteiger partial charge in [0.05, 0.1) is 11.3 Å². The Morgan fingerprint density at radius 1 is 1.26 bits per heavy atom. The number of aryl methyl sites for hydroxylation is 2. The fourth-order valence-electron chi connectivity index (χ4n) is 1.77. The molecule has 0 saturated carbocycles. The molecule has 0 saturated heterocycles. The monoisotopic (exact) mass is 259 g/mol. The van der Waals surface area contributed by atoms with Gasteiger partial charge in [-0.1, -0.05) is 11.2 Å². The van der Waals surface area contributed by atoms with E-state index in [2.05, 4.69) is 15.8 Å². The van der Waals surface area contributed by atoms with Gasteiger partial charge in [0.1, 0.15) is 0 Å². The van der Waals surface area contributed by atoms with Crippen molar-refractivity contribution in [1.82, 2.24) is 5.16 Å². The van der Waals surface area contributed by atoms with Crippen LogP contribution in [0.2, 0.25) is 0 Å². The number of aromatic nitrogens is 1. The van der Waals surface area contributed by atoms with Crippen LogP contribution in [-0.2, 0) is 0 Å². The van der Waals surface area contributed by atoms with Crippen molar-refractivity contribution < 1.29 is 9.32 Å². The van der Waals surface area contributed by atoms with Crippen molar-refractivity contribution in [3.8, 4) is 0 Å². The topological polar surface area (TPSA) is 67.2 Å². The molecule has 0 fully saturated rings. The highest BCUT2D eigenvalue weighted by molar-refractivity contribution is 6.07. The molecule has 1 heterocycles.